The van der Waals surface area contributed by atoms with E-state index in [1.54, 1.807) is 0 Å². The standard InChI is InChI=1S/C27H15F9/c28-25(29,30)22-19(16-10-4-1-5-11-16)20(17-12-6-2-7-13-17)23(26(31,32)33)24(27(34,35)36)21(22)18-14-8-3-9-15-18/h1-15H. The van der Waals surface area contributed by atoms with E-state index in [1.165, 1.54) is 42.5 Å². The van der Waals surface area contributed by atoms with Crippen molar-refractivity contribution in [1.29, 1.82) is 0 Å². The largest absolute Gasteiger partial charge is 0.417 e. The van der Waals surface area contributed by atoms with Gasteiger partial charge in [0.1, 0.15) is 0 Å². The van der Waals surface area contributed by atoms with Crippen molar-refractivity contribution in [2.24, 2.45) is 0 Å². The van der Waals surface area contributed by atoms with Gasteiger partial charge in [0.05, 0.1) is 16.7 Å². The quantitative estimate of drug-likeness (QED) is 0.241. The highest BCUT2D eigenvalue weighted by Crippen LogP contribution is 2.57. The summed E-state index contributed by atoms with van der Waals surface area (Å²) in [6.45, 7) is 0. The van der Waals surface area contributed by atoms with Crippen LogP contribution in [0.5, 0.6) is 0 Å². The van der Waals surface area contributed by atoms with E-state index in [-0.39, 0.29) is 5.56 Å². The normalized spacial score (nSPS) is 12.6. The first-order chi connectivity index (χ1) is 16.8. The van der Waals surface area contributed by atoms with Gasteiger partial charge in [0.2, 0.25) is 0 Å². The van der Waals surface area contributed by atoms with Gasteiger partial charge in [0.15, 0.2) is 0 Å². The first-order valence-corrected chi connectivity index (χ1v) is 10.4. The molecule has 4 aromatic rings. The van der Waals surface area contributed by atoms with Gasteiger partial charge < -0.3 is 0 Å². The van der Waals surface area contributed by atoms with Gasteiger partial charge in [0.25, 0.3) is 0 Å². The van der Waals surface area contributed by atoms with E-state index in [2.05, 4.69) is 0 Å². The van der Waals surface area contributed by atoms with Crippen molar-refractivity contribution in [2.75, 3.05) is 0 Å². The molecular formula is C27H15F9. The number of rotatable bonds is 3. The molecule has 0 spiro atoms. The van der Waals surface area contributed by atoms with Crippen LogP contribution in [-0.2, 0) is 18.5 Å². The van der Waals surface area contributed by atoms with E-state index >= 15 is 0 Å². The number of hydrogen-bond acceptors (Lipinski definition) is 0. The van der Waals surface area contributed by atoms with Gasteiger partial charge in [-0.05, 0) is 16.7 Å². The molecule has 0 aliphatic rings. The second-order valence-electron chi connectivity index (χ2n) is 7.84. The molecule has 0 fully saturated rings. The third-order valence-corrected chi connectivity index (χ3v) is 5.54. The Bertz CT molecular complexity index is 1350. The highest BCUT2D eigenvalue weighted by molar-refractivity contribution is 5.95. The van der Waals surface area contributed by atoms with Crippen LogP contribution in [0.2, 0.25) is 0 Å². The maximum absolute atomic E-state index is 14.7. The molecule has 0 radical (unpaired) electrons. The first-order valence-electron chi connectivity index (χ1n) is 10.4. The van der Waals surface area contributed by atoms with Crippen LogP contribution in [0.3, 0.4) is 0 Å². The lowest BCUT2D eigenvalue weighted by Crippen LogP contribution is -2.24. The zero-order valence-electron chi connectivity index (χ0n) is 18.1. The Hall–Kier alpha value is -3.75. The predicted octanol–water partition coefficient (Wildman–Crippen LogP) is 9.74. The maximum Gasteiger partial charge on any atom is 0.417 e. The number of benzene rings is 4. The molecule has 36 heavy (non-hydrogen) atoms. The van der Waals surface area contributed by atoms with Gasteiger partial charge in [0, 0.05) is 16.7 Å². The minimum absolute atomic E-state index is 0.305. The molecule has 0 nitrogen and oxygen atoms in total. The average molecular weight is 510 g/mol. The Balaban J connectivity index is 2.43. The summed E-state index contributed by atoms with van der Waals surface area (Å²) in [6, 6.07) is 17.8. The van der Waals surface area contributed by atoms with Crippen LogP contribution in [0.1, 0.15) is 16.7 Å². The molecule has 0 saturated heterocycles. The molecule has 0 aliphatic heterocycles. The van der Waals surface area contributed by atoms with Crippen LogP contribution in [0.15, 0.2) is 91.0 Å². The summed E-state index contributed by atoms with van der Waals surface area (Å²) in [5.41, 5.74) is -11.5. The zero-order valence-corrected chi connectivity index (χ0v) is 18.1. The molecule has 186 valence electrons. The second-order valence-corrected chi connectivity index (χ2v) is 7.84. The van der Waals surface area contributed by atoms with Crippen molar-refractivity contribution in [2.45, 2.75) is 18.5 Å². The zero-order chi connectivity index (χ0) is 26.3. The fourth-order valence-electron chi connectivity index (χ4n) is 4.28. The van der Waals surface area contributed by atoms with Gasteiger partial charge in [-0.1, -0.05) is 91.0 Å². The summed E-state index contributed by atoms with van der Waals surface area (Å²) in [6.07, 6.45) is -16.9. The molecule has 0 aliphatic carbocycles. The van der Waals surface area contributed by atoms with Crippen molar-refractivity contribution in [3.63, 3.8) is 0 Å². The minimum atomic E-state index is -5.77. The Morgan fingerprint density at radius 3 is 0.861 bits per heavy atom. The molecule has 9 heteroatoms. The van der Waals surface area contributed by atoms with Gasteiger partial charge in [-0.25, -0.2) is 0 Å². The van der Waals surface area contributed by atoms with E-state index in [4.69, 9.17) is 0 Å². The molecule has 0 unspecified atom stereocenters. The Morgan fingerprint density at radius 2 is 0.556 bits per heavy atom. The van der Waals surface area contributed by atoms with Crippen LogP contribution in [0, 0.1) is 0 Å². The monoisotopic (exact) mass is 510 g/mol. The molecule has 0 saturated carbocycles. The first kappa shape index (κ1) is 25.3. The minimum Gasteiger partial charge on any atom is -0.166 e. The topological polar surface area (TPSA) is 0 Å². The highest BCUT2D eigenvalue weighted by Gasteiger charge is 2.52. The lowest BCUT2D eigenvalue weighted by atomic mass is 9.78. The van der Waals surface area contributed by atoms with E-state index < -0.39 is 63.0 Å². The molecule has 0 atom stereocenters. The third-order valence-electron chi connectivity index (χ3n) is 5.54. The fourth-order valence-corrected chi connectivity index (χ4v) is 4.28. The molecule has 0 amide bonds. The number of halogens is 9. The summed E-state index contributed by atoms with van der Waals surface area (Å²) in [5, 5.41) is 0. The van der Waals surface area contributed by atoms with Crippen molar-refractivity contribution in [3.05, 3.63) is 108 Å². The Kier molecular flexibility index (Phi) is 6.36. The van der Waals surface area contributed by atoms with Crippen LogP contribution in [0.25, 0.3) is 33.4 Å². The van der Waals surface area contributed by atoms with Crippen LogP contribution >= 0.6 is 0 Å². The highest BCUT2D eigenvalue weighted by atomic mass is 19.4. The van der Waals surface area contributed by atoms with Crippen molar-refractivity contribution in [3.8, 4) is 33.4 Å². The van der Waals surface area contributed by atoms with Crippen LogP contribution < -0.4 is 0 Å². The molecular weight excluding hydrogens is 495 g/mol. The Morgan fingerprint density at radius 1 is 0.306 bits per heavy atom. The maximum atomic E-state index is 14.7. The lowest BCUT2D eigenvalue weighted by molar-refractivity contribution is -0.162. The average Bonchev–Trinajstić information content (AvgIpc) is 2.82. The fraction of sp³-hybridized carbons (Fsp3) is 0.111. The van der Waals surface area contributed by atoms with E-state index in [1.807, 2.05) is 0 Å². The smallest absolute Gasteiger partial charge is 0.166 e. The number of alkyl halides is 9. The lowest BCUT2D eigenvalue weighted by Gasteiger charge is -2.30. The molecule has 0 aromatic heterocycles. The summed E-state index contributed by atoms with van der Waals surface area (Å²) in [5.74, 6) is 0. The second kappa shape index (κ2) is 9.04. The summed E-state index contributed by atoms with van der Waals surface area (Å²) in [7, 11) is 0. The van der Waals surface area contributed by atoms with Crippen molar-refractivity contribution < 1.29 is 39.5 Å². The van der Waals surface area contributed by atoms with E-state index in [0.717, 1.165) is 48.5 Å². The predicted molar refractivity (Wildman–Crippen MR) is 118 cm³/mol. The SMILES string of the molecule is FC(F)(F)c1c(-c2ccccc2)c(-c2ccccc2)c(C(F)(F)F)c(C(F)(F)F)c1-c1ccccc1. The third kappa shape index (κ3) is 4.69. The van der Waals surface area contributed by atoms with Gasteiger partial charge >= 0.3 is 18.5 Å². The molecule has 0 N–H and O–H groups in total. The molecule has 4 rings (SSSR count). The summed E-state index contributed by atoms with van der Waals surface area (Å²) >= 11 is 0. The molecule has 0 heterocycles. The summed E-state index contributed by atoms with van der Waals surface area (Å²) < 4.78 is 131. The van der Waals surface area contributed by atoms with Gasteiger partial charge in [-0.2, -0.15) is 39.5 Å². The van der Waals surface area contributed by atoms with Crippen LogP contribution in [0.4, 0.5) is 39.5 Å². The van der Waals surface area contributed by atoms with Gasteiger partial charge in [-0.3, -0.25) is 0 Å². The molecule has 4 aromatic carbocycles. The van der Waals surface area contributed by atoms with Gasteiger partial charge in [-0.15, -0.1) is 0 Å². The van der Waals surface area contributed by atoms with E-state index in [0.29, 0.717) is 0 Å². The van der Waals surface area contributed by atoms with Crippen molar-refractivity contribution >= 4 is 0 Å². The number of hydrogen-bond donors (Lipinski definition) is 0. The van der Waals surface area contributed by atoms with Crippen LogP contribution in [-0.4, -0.2) is 0 Å². The van der Waals surface area contributed by atoms with E-state index in [9.17, 15) is 39.5 Å². The summed E-state index contributed by atoms with van der Waals surface area (Å²) in [4.78, 5) is 0. The van der Waals surface area contributed by atoms with Crippen molar-refractivity contribution in [1.82, 2.24) is 0 Å². The Labute approximate surface area is 199 Å². The molecule has 0 bridgehead atoms.